The van der Waals surface area contributed by atoms with Crippen LogP contribution in [0.25, 0.3) is 11.1 Å². The molecule has 43 heavy (non-hydrogen) atoms. The number of anilines is 2. The molecule has 0 saturated heterocycles. The minimum absolute atomic E-state index is 0.0132. The second kappa shape index (κ2) is 12.4. The molecule has 2 heterocycles. The van der Waals surface area contributed by atoms with E-state index in [4.69, 9.17) is 0 Å². The number of aryl methyl sites for hydroxylation is 2. The average molecular weight is 578 g/mol. The van der Waals surface area contributed by atoms with Gasteiger partial charge < -0.3 is 20.5 Å². The predicted octanol–water partition coefficient (Wildman–Crippen LogP) is 5.31. The van der Waals surface area contributed by atoms with Crippen molar-refractivity contribution in [2.45, 2.75) is 47.1 Å². The van der Waals surface area contributed by atoms with Crippen LogP contribution in [0, 0.1) is 26.7 Å². The summed E-state index contributed by atoms with van der Waals surface area (Å²) in [5.74, 6) is -0.531. The summed E-state index contributed by atoms with van der Waals surface area (Å²) in [6.45, 7) is 7.98. The molecule has 0 radical (unpaired) electrons. The van der Waals surface area contributed by atoms with Crippen LogP contribution in [0.2, 0.25) is 0 Å². The third-order valence-corrected chi connectivity index (χ3v) is 7.74. The van der Waals surface area contributed by atoms with Gasteiger partial charge in [-0.05, 0) is 105 Å². The van der Waals surface area contributed by atoms with Gasteiger partial charge in [0.15, 0.2) is 0 Å². The van der Waals surface area contributed by atoms with E-state index in [1.807, 2.05) is 52.0 Å². The minimum Gasteiger partial charge on any atom is -0.348 e. The molecular formula is C34H35N5O4. The number of carbonyl (C=O) groups is 3. The number of aromatic amines is 1. The maximum atomic E-state index is 13.6. The summed E-state index contributed by atoms with van der Waals surface area (Å²) in [5, 5.41) is 5.79. The second-order valence-corrected chi connectivity index (χ2v) is 10.9. The van der Waals surface area contributed by atoms with Crippen molar-refractivity contribution >= 4 is 29.1 Å². The Bertz CT molecular complexity index is 1740. The first-order valence-corrected chi connectivity index (χ1v) is 14.4. The third kappa shape index (κ3) is 6.56. The van der Waals surface area contributed by atoms with Gasteiger partial charge in [0.05, 0.1) is 5.56 Å². The van der Waals surface area contributed by atoms with Crippen molar-refractivity contribution in [3.05, 3.63) is 111 Å². The molecule has 220 valence electrons. The van der Waals surface area contributed by atoms with Gasteiger partial charge >= 0.3 is 0 Å². The molecule has 3 N–H and O–H groups in total. The number of benzene rings is 2. The maximum absolute atomic E-state index is 13.6. The standard InChI is InChI=1S/C34H35N5O4/c1-5-39(34(43)24-8-9-24)30-17-26(23-10-12-27(13-11-23)38-31(40)25-7-6-14-35-18-25)16-28(22(30)4)32(41)36-19-29-20(2)15-21(3)37-33(29)42/h6-7,10-18,24H,5,8-9,19H2,1-4H3,(H,36,41)(H,37,42)(H,38,40). The van der Waals surface area contributed by atoms with Gasteiger partial charge in [-0.3, -0.25) is 24.2 Å². The molecule has 3 amide bonds. The molecule has 1 aliphatic rings. The molecule has 0 bridgehead atoms. The number of pyridine rings is 2. The van der Waals surface area contributed by atoms with Crippen molar-refractivity contribution in [3.63, 3.8) is 0 Å². The number of carbonyl (C=O) groups excluding carboxylic acids is 3. The molecule has 5 rings (SSSR count). The monoisotopic (exact) mass is 577 g/mol. The van der Waals surface area contributed by atoms with Crippen LogP contribution in [-0.4, -0.2) is 34.2 Å². The number of hydrogen-bond donors (Lipinski definition) is 3. The highest BCUT2D eigenvalue weighted by atomic mass is 16.2. The molecule has 0 atom stereocenters. The molecule has 2 aromatic heterocycles. The van der Waals surface area contributed by atoms with Crippen LogP contribution < -0.4 is 21.1 Å². The van der Waals surface area contributed by atoms with E-state index in [9.17, 15) is 19.2 Å². The number of rotatable bonds is 9. The molecule has 1 saturated carbocycles. The summed E-state index contributed by atoms with van der Waals surface area (Å²) >= 11 is 0. The molecule has 2 aromatic carbocycles. The Morgan fingerprint density at radius 3 is 2.35 bits per heavy atom. The number of nitrogens with zero attached hydrogens (tertiary/aromatic N) is 2. The van der Waals surface area contributed by atoms with Gasteiger partial charge in [-0.2, -0.15) is 0 Å². The van der Waals surface area contributed by atoms with Gasteiger partial charge in [0.1, 0.15) is 0 Å². The molecule has 0 unspecified atom stereocenters. The van der Waals surface area contributed by atoms with E-state index in [2.05, 4.69) is 20.6 Å². The summed E-state index contributed by atoms with van der Waals surface area (Å²) < 4.78 is 0. The largest absolute Gasteiger partial charge is 0.348 e. The van der Waals surface area contributed by atoms with Crippen LogP contribution in [0.3, 0.4) is 0 Å². The minimum atomic E-state index is -0.338. The van der Waals surface area contributed by atoms with E-state index in [-0.39, 0.29) is 35.7 Å². The average Bonchev–Trinajstić information content (AvgIpc) is 3.84. The Hall–Kier alpha value is -5.05. The maximum Gasteiger partial charge on any atom is 0.257 e. The van der Waals surface area contributed by atoms with E-state index in [0.29, 0.717) is 40.2 Å². The molecular weight excluding hydrogens is 542 g/mol. The number of amides is 3. The van der Waals surface area contributed by atoms with Gasteiger partial charge in [-0.15, -0.1) is 0 Å². The van der Waals surface area contributed by atoms with Gasteiger partial charge in [-0.25, -0.2) is 0 Å². The van der Waals surface area contributed by atoms with Crippen molar-refractivity contribution in [2.75, 3.05) is 16.8 Å². The van der Waals surface area contributed by atoms with Gasteiger partial charge in [0.2, 0.25) is 5.91 Å². The molecule has 0 aliphatic heterocycles. The van der Waals surface area contributed by atoms with Gasteiger partial charge in [-0.1, -0.05) is 12.1 Å². The van der Waals surface area contributed by atoms with Crippen molar-refractivity contribution in [1.82, 2.24) is 15.3 Å². The third-order valence-electron chi connectivity index (χ3n) is 7.74. The van der Waals surface area contributed by atoms with Gasteiger partial charge in [0, 0.05) is 59.6 Å². The highest BCUT2D eigenvalue weighted by molar-refractivity contribution is 6.05. The molecule has 9 heteroatoms. The zero-order valence-corrected chi connectivity index (χ0v) is 24.8. The smallest absolute Gasteiger partial charge is 0.257 e. The molecule has 1 aliphatic carbocycles. The first-order chi connectivity index (χ1) is 20.7. The lowest BCUT2D eigenvalue weighted by atomic mass is 9.96. The topological polar surface area (TPSA) is 124 Å². The quantitative estimate of drug-likeness (QED) is 0.249. The number of aromatic nitrogens is 2. The van der Waals surface area contributed by atoms with E-state index >= 15 is 0 Å². The lowest BCUT2D eigenvalue weighted by molar-refractivity contribution is -0.119. The zero-order valence-electron chi connectivity index (χ0n) is 24.8. The first-order valence-electron chi connectivity index (χ1n) is 14.4. The Labute approximate surface area is 250 Å². The number of nitrogens with one attached hydrogen (secondary N) is 3. The van der Waals surface area contributed by atoms with Crippen LogP contribution in [0.4, 0.5) is 11.4 Å². The fraction of sp³-hybridized carbons (Fsp3) is 0.265. The lowest BCUT2D eigenvalue weighted by Gasteiger charge is -2.25. The normalized spacial score (nSPS) is 12.5. The van der Waals surface area contributed by atoms with Crippen LogP contribution in [0.1, 0.15) is 62.9 Å². The number of H-pyrrole nitrogens is 1. The number of hydrogen-bond acceptors (Lipinski definition) is 5. The van der Waals surface area contributed by atoms with Crippen LogP contribution in [0.15, 0.2) is 71.8 Å². The molecule has 0 spiro atoms. The molecule has 1 fully saturated rings. The van der Waals surface area contributed by atoms with Crippen LogP contribution in [0.5, 0.6) is 0 Å². The molecule has 9 nitrogen and oxygen atoms in total. The fourth-order valence-electron chi connectivity index (χ4n) is 5.19. The fourth-order valence-corrected chi connectivity index (χ4v) is 5.19. The Morgan fingerprint density at radius 2 is 1.72 bits per heavy atom. The second-order valence-electron chi connectivity index (χ2n) is 10.9. The summed E-state index contributed by atoms with van der Waals surface area (Å²) in [6.07, 6.45) is 4.86. The summed E-state index contributed by atoms with van der Waals surface area (Å²) in [4.78, 5) is 60.5. The van der Waals surface area contributed by atoms with Gasteiger partial charge in [0.25, 0.3) is 17.4 Å². The van der Waals surface area contributed by atoms with E-state index in [0.717, 1.165) is 35.2 Å². The first kappa shape index (κ1) is 29.4. The van der Waals surface area contributed by atoms with E-state index in [1.165, 1.54) is 6.20 Å². The highest BCUT2D eigenvalue weighted by Gasteiger charge is 2.34. The van der Waals surface area contributed by atoms with Crippen LogP contribution >= 0.6 is 0 Å². The Kier molecular flexibility index (Phi) is 8.52. The Balaban J connectivity index is 1.47. The van der Waals surface area contributed by atoms with Crippen molar-refractivity contribution < 1.29 is 14.4 Å². The van der Waals surface area contributed by atoms with E-state index < -0.39 is 0 Å². The summed E-state index contributed by atoms with van der Waals surface area (Å²) in [7, 11) is 0. The highest BCUT2D eigenvalue weighted by Crippen LogP contribution is 2.36. The Morgan fingerprint density at radius 1 is 0.977 bits per heavy atom. The van der Waals surface area contributed by atoms with Crippen molar-refractivity contribution in [3.8, 4) is 11.1 Å². The van der Waals surface area contributed by atoms with Crippen LogP contribution in [-0.2, 0) is 11.3 Å². The lowest BCUT2D eigenvalue weighted by Crippen LogP contribution is -2.33. The zero-order chi connectivity index (χ0) is 30.7. The molecule has 4 aromatic rings. The van der Waals surface area contributed by atoms with E-state index in [1.54, 1.807) is 41.4 Å². The predicted molar refractivity (Wildman–Crippen MR) is 167 cm³/mol. The SMILES string of the molecule is CCN(C(=O)C1CC1)c1cc(-c2ccc(NC(=O)c3cccnc3)cc2)cc(C(=O)NCc2c(C)cc(C)[nH]c2=O)c1C. The van der Waals surface area contributed by atoms with Crippen molar-refractivity contribution in [2.24, 2.45) is 5.92 Å². The van der Waals surface area contributed by atoms with Crippen molar-refractivity contribution in [1.29, 1.82) is 0 Å². The summed E-state index contributed by atoms with van der Waals surface area (Å²) in [6, 6.07) is 16.3. The summed E-state index contributed by atoms with van der Waals surface area (Å²) in [5.41, 5.74) is 6.25.